The van der Waals surface area contributed by atoms with Crippen molar-refractivity contribution in [1.82, 2.24) is 19.1 Å². The van der Waals surface area contributed by atoms with Gasteiger partial charge in [-0.15, -0.1) is 5.10 Å². The van der Waals surface area contributed by atoms with Gasteiger partial charge in [0.05, 0.1) is 0 Å². The summed E-state index contributed by atoms with van der Waals surface area (Å²) < 4.78 is 31.3. The molecule has 19 heavy (non-hydrogen) atoms. The fourth-order valence-electron chi connectivity index (χ4n) is 1.34. The molecule has 9 heteroatoms. The normalized spacial score (nSPS) is 11.7. The van der Waals surface area contributed by atoms with Gasteiger partial charge in [0.25, 0.3) is 15.8 Å². The van der Waals surface area contributed by atoms with Crippen LogP contribution in [0.1, 0.15) is 11.6 Å². The van der Waals surface area contributed by atoms with Crippen LogP contribution in [0.5, 0.6) is 0 Å². The highest BCUT2D eigenvalue weighted by molar-refractivity contribution is 7.88. The molecule has 0 aliphatic heterocycles. The Labute approximate surface area is 109 Å². The molecule has 0 radical (unpaired) electrons. The minimum atomic E-state index is -3.58. The van der Waals surface area contributed by atoms with E-state index in [1.807, 2.05) is 0 Å². The van der Waals surface area contributed by atoms with Crippen molar-refractivity contribution in [2.45, 2.75) is 11.6 Å². The van der Waals surface area contributed by atoms with Gasteiger partial charge in [0, 0.05) is 14.1 Å². The van der Waals surface area contributed by atoms with Crippen LogP contribution in [-0.2, 0) is 16.6 Å². The molecule has 0 fully saturated rings. The smallest absolute Gasteiger partial charge is 0.275 e. The Morgan fingerprint density at radius 1 is 1.47 bits per heavy atom. The molecule has 0 amide bonds. The average Bonchev–Trinajstić information content (AvgIpc) is 2.98. The summed E-state index contributed by atoms with van der Waals surface area (Å²) >= 11 is 0. The molecule has 0 aromatic carbocycles. The minimum absolute atomic E-state index is 0.0488. The Bertz CT molecular complexity index is 722. The first-order valence-corrected chi connectivity index (χ1v) is 6.68. The van der Waals surface area contributed by atoms with Crippen molar-refractivity contribution in [1.29, 1.82) is 5.26 Å². The number of rotatable bonds is 4. The summed E-state index contributed by atoms with van der Waals surface area (Å²) in [7, 11) is -0.729. The summed E-state index contributed by atoms with van der Waals surface area (Å²) in [6.07, 6.45) is 1.38. The summed E-state index contributed by atoms with van der Waals surface area (Å²) in [5.74, 6) is 0.461. The molecule has 2 aromatic rings. The van der Waals surface area contributed by atoms with Crippen LogP contribution >= 0.6 is 0 Å². The molecule has 0 N–H and O–H groups in total. The number of nitriles is 1. The lowest BCUT2D eigenvalue weighted by atomic mass is 10.4. The summed E-state index contributed by atoms with van der Waals surface area (Å²) in [5.41, 5.74) is 0. The van der Waals surface area contributed by atoms with Crippen molar-refractivity contribution in [3.8, 4) is 6.07 Å². The molecule has 0 saturated carbocycles. The number of sulfonamides is 1. The van der Waals surface area contributed by atoms with E-state index in [0.29, 0.717) is 5.76 Å². The standard InChI is InChI=1S/C10H11N5O3S/c1-14(2)19(16,17)10-4-3-8(18-10)6-15-7-12-9(5-11)13-15/h3-4,7H,6H2,1-2H3. The quantitative estimate of drug-likeness (QED) is 0.783. The van der Waals surface area contributed by atoms with Gasteiger partial charge in [0.2, 0.25) is 5.09 Å². The molecule has 100 valence electrons. The Balaban J connectivity index is 2.21. The second-order valence-corrected chi connectivity index (χ2v) is 5.97. The fraction of sp³-hybridized carbons (Fsp3) is 0.300. The Hall–Kier alpha value is -2.18. The van der Waals surface area contributed by atoms with Crippen LogP contribution in [0.15, 0.2) is 28.0 Å². The maximum Gasteiger partial charge on any atom is 0.275 e. The van der Waals surface area contributed by atoms with E-state index in [2.05, 4.69) is 10.1 Å². The van der Waals surface area contributed by atoms with Crippen molar-refractivity contribution in [2.24, 2.45) is 0 Å². The van der Waals surface area contributed by atoms with Gasteiger partial charge in [-0.3, -0.25) is 0 Å². The predicted octanol–water partition coefficient (Wildman–Crippen LogP) is 0.0414. The van der Waals surface area contributed by atoms with Gasteiger partial charge in [-0.2, -0.15) is 5.26 Å². The number of hydrogen-bond donors (Lipinski definition) is 0. The highest BCUT2D eigenvalue weighted by atomic mass is 32.2. The van der Waals surface area contributed by atoms with Crippen LogP contribution in [0.4, 0.5) is 0 Å². The predicted molar refractivity (Wildman–Crippen MR) is 63.4 cm³/mol. The zero-order valence-electron chi connectivity index (χ0n) is 10.3. The zero-order valence-corrected chi connectivity index (χ0v) is 11.1. The van der Waals surface area contributed by atoms with Crippen LogP contribution in [0.25, 0.3) is 0 Å². The first-order chi connectivity index (χ1) is 8.93. The van der Waals surface area contributed by atoms with E-state index in [9.17, 15) is 8.42 Å². The van der Waals surface area contributed by atoms with Crippen molar-refractivity contribution in [2.75, 3.05) is 14.1 Å². The molecule has 0 bridgehead atoms. The van der Waals surface area contributed by atoms with Gasteiger partial charge in [-0.25, -0.2) is 22.4 Å². The molecule has 2 aromatic heterocycles. The summed E-state index contributed by atoms with van der Waals surface area (Å²) in [5, 5.41) is 12.3. The minimum Gasteiger partial charge on any atom is -0.446 e. The van der Waals surface area contributed by atoms with Gasteiger partial charge in [0.15, 0.2) is 0 Å². The third kappa shape index (κ3) is 2.64. The summed E-state index contributed by atoms with van der Waals surface area (Å²) in [6.45, 7) is 0.206. The Morgan fingerprint density at radius 3 is 2.79 bits per heavy atom. The third-order valence-electron chi connectivity index (χ3n) is 2.33. The van der Waals surface area contributed by atoms with E-state index in [0.717, 1.165) is 4.31 Å². The molecule has 0 aliphatic carbocycles. The second kappa shape index (κ2) is 4.83. The molecular weight excluding hydrogens is 270 g/mol. The van der Waals surface area contributed by atoms with Gasteiger partial charge in [0.1, 0.15) is 24.7 Å². The van der Waals surface area contributed by atoms with E-state index in [1.165, 1.54) is 31.2 Å². The first kappa shape index (κ1) is 13.3. The highest BCUT2D eigenvalue weighted by Gasteiger charge is 2.21. The Kier molecular flexibility index (Phi) is 3.37. The van der Waals surface area contributed by atoms with Gasteiger partial charge in [-0.05, 0) is 12.1 Å². The lowest BCUT2D eigenvalue weighted by Crippen LogP contribution is -2.21. The number of furan rings is 1. The first-order valence-electron chi connectivity index (χ1n) is 5.24. The summed E-state index contributed by atoms with van der Waals surface area (Å²) in [6, 6.07) is 4.73. The van der Waals surface area contributed by atoms with E-state index in [-0.39, 0.29) is 17.5 Å². The molecule has 0 aliphatic rings. The molecule has 2 rings (SSSR count). The third-order valence-corrected chi connectivity index (χ3v) is 4.02. The van der Waals surface area contributed by atoms with Crippen LogP contribution in [0, 0.1) is 11.3 Å². The Morgan fingerprint density at radius 2 is 2.21 bits per heavy atom. The summed E-state index contributed by atoms with van der Waals surface area (Å²) in [4.78, 5) is 3.74. The molecule has 0 unspecified atom stereocenters. The lowest BCUT2D eigenvalue weighted by molar-refractivity contribution is 0.387. The molecule has 2 heterocycles. The topological polar surface area (TPSA) is 105 Å². The second-order valence-electron chi connectivity index (χ2n) is 3.89. The van der Waals surface area contributed by atoms with Gasteiger partial charge < -0.3 is 4.42 Å². The van der Waals surface area contributed by atoms with Crippen LogP contribution < -0.4 is 0 Å². The van der Waals surface area contributed by atoms with E-state index < -0.39 is 10.0 Å². The number of nitrogens with zero attached hydrogens (tertiary/aromatic N) is 5. The van der Waals surface area contributed by atoms with E-state index >= 15 is 0 Å². The van der Waals surface area contributed by atoms with Gasteiger partial charge >= 0.3 is 0 Å². The van der Waals surface area contributed by atoms with E-state index in [1.54, 1.807) is 12.1 Å². The molecule has 0 spiro atoms. The monoisotopic (exact) mass is 281 g/mol. The van der Waals surface area contributed by atoms with Crippen molar-refractivity contribution in [3.63, 3.8) is 0 Å². The van der Waals surface area contributed by atoms with Crippen LogP contribution in [0.3, 0.4) is 0 Å². The number of hydrogen-bond acceptors (Lipinski definition) is 6. The van der Waals surface area contributed by atoms with Crippen molar-refractivity contribution < 1.29 is 12.8 Å². The number of aromatic nitrogens is 3. The molecule has 0 atom stereocenters. The van der Waals surface area contributed by atoms with Crippen molar-refractivity contribution in [3.05, 3.63) is 30.0 Å². The maximum atomic E-state index is 11.8. The molecule has 8 nitrogen and oxygen atoms in total. The largest absolute Gasteiger partial charge is 0.446 e. The lowest BCUT2D eigenvalue weighted by Gasteiger charge is -2.07. The van der Waals surface area contributed by atoms with E-state index in [4.69, 9.17) is 9.68 Å². The molecule has 0 saturated heterocycles. The molecular formula is C10H11N5O3S. The average molecular weight is 281 g/mol. The zero-order chi connectivity index (χ0) is 14.0. The SMILES string of the molecule is CN(C)S(=O)(=O)c1ccc(Cn2cnc(C#N)n2)o1. The van der Waals surface area contributed by atoms with Crippen molar-refractivity contribution >= 4 is 10.0 Å². The van der Waals surface area contributed by atoms with Crippen LogP contribution in [-0.4, -0.2) is 41.6 Å². The maximum absolute atomic E-state index is 11.8. The van der Waals surface area contributed by atoms with Gasteiger partial charge in [-0.1, -0.05) is 0 Å². The highest BCUT2D eigenvalue weighted by Crippen LogP contribution is 2.17. The van der Waals surface area contributed by atoms with Crippen LogP contribution in [0.2, 0.25) is 0 Å². The fourth-order valence-corrected chi connectivity index (χ4v) is 2.16.